The third kappa shape index (κ3) is 4.68. The summed E-state index contributed by atoms with van der Waals surface area (Å²) in [6.45, 7) is 4.10. The van der Waals surface area contributed by atoms with Gasteiger partial charge < -0.3 is 4.90 Å². The number of para-hydroxylation sites is 1. The molecule has 0 aromatic heterocycles. The number of anilines is 1. The van der Waals surface area contributed by atoms with Gasteiger partial charge in [-0.15, -0.1) is 0 Å². The van der Waals surface area contributed by atoms with Crippen LogP contribution in [0.5, 0.6) is 0 Å². The first kappa shape index (κ1) is 18.5. The molecule has 0 saturated carbocycles. The van der Waals surface area contributed by atoms with Gasteiger partial charge in [-0.25, -0.2) is 0 Å². The van der Waals surface area contributed by atoms with E-state index < -0.39 is 4.92 Å². The predicted molar refractivity (Wildman–Crippen MR) is 104 cm³/mol. The molecule has 2 aromatic rings. The average molecular weight is 368 g/mol. The molecule has 3 rings (SSSR count). The zero-order valence-corrected chi connectivity index (χ0v) is 14.7. The lowest BCUT2D eigenvalue weighted by atomic mass is 10.1. The molecule has 0 aliphatic carbocycles. The molecule has 1 saturated heterocycles. The molecule has 1 aliphatic rings. The summed E-state index contributed by atoms with van der Waals surface area (Å²) in [5.74, 6) is 0. The van der Waals surface area contributed by atoms with Gasteiger partial charge in [0.15, 0.2) is 0 Å². The molecule has 8 nitrogen and oxygen atoms in total. The van der Waals surface area contributed by atoms with Gasteiger partial charge in [0.2, 0.25) is 0 Å². The average Bonchev–Trinajstić information content (AvgIpc) is 2.69. The summed E-state index contributed by atoms with van der Waals surface area (Å²) in [7, 11) is 0. The van der Waals surface area contributed by atoms with Crippen LogP contribution in [0, 0.1) is 20.2 Å². The van der Waals surface area contributed by atoms with Gasteiger partial charge in [0.1, 0.15) is 0 Å². The van der Waals surface area contributed by atoms with E-state index >= 15 is 0 Å². The Kier molecular flexibility index (Phi) is 5.77. The Morgan fingerprint density at radius 3 is 2.19 bits per heavy atom. The van der Waals surface area contributed by atoms with E-state index in [1.165, 1.54) is 18.2 Å². The van der Waals surface area contributed by atoms with E-state index in [0.717, 1.165) is 38.4 Å². The van der Waals surface area contributed by atoms with Crippen LogP contribution in [0.3, 0.4) is 0 Å². The van der Waals surface area contributed by atoms with E-state index in [1.807, 2.05) is 6.08 Å². The number of nitro groups is 2. The SMILES string of the molecule is O=[N+]([O-])c1ccc(N2CCN(C/C=C/c3ccccc3[N+](=O)[O-])CC2)cc1. The van der Waals surface area contributed by atoms with Gasteiger partial charge in [-0.05, 0) is 18.2 Å². The van der Waals surface area contributed by atoms with Crippen LogP contribution in [-0.2, 0) is 0 Å². The van der Waals surface area contributed by atoms with Crippen molar-refractivity contribution in [2.45, 2.75) is 0 Å². The first-order valence-electron chi connectivity index (χ1n) is 8.66. The highest BCUT2D eigenvalue weighted by molar-refractivity contribution is 5.60. The standard InChI is InChI=1S/C19H20N4O4/c24-22(25)18-9-7-17(8-10-18)21-14-12-20(13-15-21)11-3-5-16-4-1-2-6-19(16)23(26)27/h1-10H,11-15H2/b5-3+. The Bertz CT molecular complexity index is 843. The second-order valence-electron chi connectivity index (χ2n) is 6.28. The molecule has 1 heterocycles. The van der Waals surface area contributed by atoms with Crippen molar-refractivity contribution in [2.24, 2.45) is 0 Å². The van der Waals surface area contributed by atoms with Crippen LogP contribution in [-0.4, -0.2) is 47.5 Å². The van der Waals surface area contributed by atoms with Gasteiger partial charge in [0.05, 0.1) is 15.4 Å². The minimum atomic E-state index is -0.398. The summed E-state index contributed by atoms with van der Waals surface area (Å²) in [6, 6.07) is 13.3. The fourth-order valence-corrected chi connectivity index (χ4v) is 3.10. The Hall–Kier alpha value is -3.26. The van der Waals surface area contributed by atoms with Gasteiger partial charge in [0.25, 0.3) is 11.4 Å². The first-order valence-corrected chi connectivity index (χ1v) is 8.66. The third-order valence-electron chi connectivity index (χ3n) is 4.59. The van der Waals surface area contributed by atoms with Gasteiger partial charge >= 0.3 is 0 Å². The lowest BCUT2D eigenvalue weighted by Crippen LogP contribution is -2.46. The predicted octanol–water partition coefficient (Wildman–Crippen LogP) is 3.34. The summed E-state index contributed by atoms with van der Waals surface area (Å²) in [6.07, 6.45) is 3.74. The van der Waals surface area contributed by atoms with Gasteiger partial charge in [-0.3, -0.25) is 25.1 Å². The van der Waals surface area contributed by atoms with E-state index in [2.05, 4.69) is 9.80 Å². The summed E-state index contributed by atoms with van der Waals surface area (Å²) in [5.41, 5.74) is 1.79. The van der Waals surface area contributed by atoms with Gasteiger partial charge in [-0.1, -0.05) is 24.3 Å². The van der Waals surface area contributed by atoms with E-state index in [0.29, 0.717) is 5.56 Å². The number of benzene rings is 2. The van der Waals surface area contributed by atoms with Gasteiger partial charge in [0, 0.05) is 56.6 Å². The molecule has 2 aromatic carbocycles. The Balaban J connectivity index is 1.52. The normalized spacial score (nSPS) is 15.2. The Labute approximate surface area is 156 Å². The zero-order chi connectivity index (χ0) is 19.2. The number of piperazine rings is 1. The summed E-state index contributed by atoms with van der Waals surface area (Å²) in [5, 5.41) is 21.8. The second-order valence-corrected chi connectivity index (χ2v) is 6.28. The number of nitro benzene ring substituents is 2. The molecule has 0 spiro atoms. The zero-order valence-electron chi connectivity index (χ0n) is 14.7. The maximum atomic E-state index is 11.0. The molecule has 0 amide bonds. The van der Waals surface area contributed by atoms with E-state index in [4.69, 9.17) is 0 Å². The summed E-state index contributed by atoms with van der Waals surface area (Å²) < 4.78 is 0. The van der Waals surface area contributed by atoms with Crippen LogP contribution in [0.25, 0.3) is 6.08 Å². The van der Waals surface area contributed by atoms with Crippen molar-refractivity contribution in [3.8, 4) is 0 Å². The smallest absolute Gasteiger partial charge is 0.276 e. The number of hydrogen-bond acceptors (Lipinski definition) is 6. The topological polar surface area (TPSA) is 92.8 Å². The van der Waals surface area contributed by atoms with E-state index in [1.54, 1.807) is 36.4 Å². The van der Waals surface area contributed by atoms with E-state index in [-0.39, 0.29) is 16.3 Å². The van der Waals surface area contributed by atoms with Crippen LogP contribution in [0.1, 0.15) is 5.56 Å². The number of hydrogen-bond donors (Lipinski definition) is 0. The molecule has 0 radical (unpaired) electrons. The van der Waals surface area contributed by atoms with E-state index in [9.17, 15) is 20.2 Å². The number of rotatable bonds is 6. The lowest BCUT2D eigenvalue weighted by molar-refractivity contribution is -0.385. The summed E-state index contributed by atoms with van der Waals surface area (Å²) >= 11 is 0. The highest BCUT2D eigenvalue weighted by Crippen LogP contribution is 2.21. The molecule has 1 fully saturated rings. The lowest BCUT2D eigenvalue weighted by Gasteiger charge is -2.35. The van der Waals surface area contributed by atoms with Crippen molar-refractivity contribution in [1.29, 1.82) is 0 Å². The van der Waals surface area contributed by atoms with Crippen molar-refractivity contribution in [1.82, 2.24) is 4.90 Å². The molecule has 8 heteroatoms. The highest BCUT2D eigenvalue weighted by atomic mass is 16.6. The molecule has 0 atom stereocenters. The maximum Gasteiger partial charge on any atom is 0.276 e. The fourth-order valence-electron chi connectivity index (χ4n) is 3.10. The monoisotopic (exact) mass is 368 g/mol. The second kappa shape index (κ2) is 8.41. The minimum Gasteiger partial charge on any atom is -0.369 e. The van der Waals surface area contributed by atoms with Crippen molar-refractivity contribution >= 4 is 23.1 Å². The Morgan fingerprint density at radius 2 is 1.56 bits per heavy atom. The third-order valence-corrected chi connectivity index (χ3v) is 4.59. The highest BCUT2D eigenvalue weighted by Gasteiger charge is 2.17. The molecule has 0 bridgehead atoms. The summed E-state index contributed by atoms with van der Waals surface area (Å²) in [4.78, 5) is 25.5. The van der Waals surface area contributed by atoms with Crippen LogP contribution in [0.2, 0.25) is 0 Å². The van der Waals surface area contributed by atoms with Crippen molar-refractivity contribution in [2.75, 3.05) is 37.6 Å². The first-order chi connectivity index (χ1) is 13.0. The molecule has 1 aliphatic heterocycles. The van der Waals surface area contributed by atoms with Crippen molar-refractivity contribution in [3.05, 3.63) is 80.4 Å². The molecule has 0 N–H and O–H groups in total. The molecule has 140 valence electrons. The number of nitrogens with zero attached hydrogens (tertiary/aromatic N) is 4. The molecule has 27 heavy (non-hydrogen) atoms. The fraction of sp³-hybridized carbons (Fsp3) is 0.263. The minimum absolute atomic E-state index is 0.0949. The molecule has 0 unspecified atom stereocenters. The molecular formula is C19H20N4O4. The quantitative estimate of drug-likeness (QED) is 0.573. The van der Waals surface area contributed by atoms with Crippen LogP contribution < -0.4 is 4.90 Å². The van der Waals surface area contributed by atoms with Crippen molar-refractivity contribution < 1.29 is 9.85 Å². The van der Waals surface area contributed by atoms with Crippen LogP contribution in [0.4, 0.5) is 17.1 Å². The maximum absolute atomic E-state index is 11.0. The molecular weight excluding hydrogens is 348 g/mol. The van der Waals surface area contributed by atoms with Crippen molar-refractivity contribution in [3.63, 3.8) is 0 Å². The number of non-ortho nitro benzene ring substituents is 1. The Morgan fingerprint density at radius 1 is 0.889 bits per heavy atom. The van der Waals surface area contributed by atoms with Gasteiger partial charge in [-0.2, -0.15) is 0 Å². The van der Waals surface area contributed by atoms with Crippen LogP contribution in [0.15, 0.2) is 54.6 Å². The largest absolute Gasteiger partial charge is 0.369 e. The van der Waals surface area contributed by atoms with Crippen LogP contribution >= 0.6 is 0 Å².